The Hall–Kier alpha value is -2.23. The number of halogens is 3. The highest BCUT2D eigenvalue weighted by molar-refractivity contribution is 5.78. The van der Waals surface area contributed by atoms with E-state index in [4.69, 9.17) is 24.4 Å². The number of pyridine rings is 1. The van der Waals surface area contributed by atoms with Crippen LogP contribution >= 0.6 is 0 Å². The van der Waals surface area contributed by atoms with Crippen molar-refractivity contribution in [2.75, 3.05) is 20.3 Å². The van der Waals surface area contributed by atoms with Crippen molar-refractivity contribution in [3.05, 3.63) is 42.1 Å². The summed E-state index contributed by atoms with van der Waals surface area (Å²) in [6.07, 6.45) is -2.37. The summed E-state index contributed by atoms with van der Waals surface area (Å²) in [5.41, 5.74) is 2.21. The Morgan fingerprint density at radius 3 is 2.69 bits per heavy atom. The first kappa shape index (κ1) is 21.5. The molecule has 1 aliphatic carbocycles. The van der Waals surface area contributed by atoms with E-state index in [1.54, 1.807) is 7.11 Å². The molecule has 2 aliphatic rings. The predicted molar refractivity (Wildman–Crippen MR) is 99.4 cm³/mol. The maximum Gasteiger partial charge on any atom is 0.490 e. The average Bonchev–Trinajstić information content (AvgIpc) is 3.12. The van der Waals surface area contributed by atoms with Crippen LogP contribution in [0.1, 0.15) is 18.5 Å². The number of rotatable bonds is 3. The van der Waals surface area contributed by atoms with E-state index in [1.807, 2.05) is 6.07 Å². The number of carboxylic acids is 1. The van der Waals surface area contributed by atoms with E-state index in [-0.39, 0.29) is 12.2 Å². The number of carbonyl (C=O) groups is 1. The van der Waals surface area contributed by atoms with Crippen LogP contribution in [-0.2, 0) is 20.8 Å². The number of methoxy groups -OCH3 is 1. The number of nitrogens with zero attached hydrogens (tertiary/aromatic N) is 2. The molecular weight excluding hydrogens is 389 g/mol. The Labute approximate surface area is 166 Å². The molecule has 1 saturated carbocycles. The van der Waals surface area contributed by atoms with Gasteiger partial charge in [-0.3, -0.25) is 9.88 Å². The summed E-state index contributed by atoms with van der Waals surface area (Å²) >= 11 is 0. The summed E-state index contributed by atoms with van der Waals surface area (Å²) < 4.78 is 43.3. The molecule has 0 bridgehead atoms. The highest BCUT2D eigenvalue weighted by Crippen LogP contribution is 2.32. The molecule has 3 atom stereocenters. The fourth-order valence-corrected chi connectivity index (χ4v) is 3.84. The first-order valence-electron chi connectivity index (χ1n) is 9.33. The average molecular weight is 412 g/mol. The minimum Gasteiger partial charge on any atom is -0.475 e. The van der Waals surface area contributed by atoms with Crippen LogP contribution in [0.3, 0.4) is 0 Å². The van der Waals surface area contributed by atoms with E-state index in [9.17, 15) is 13.2 Å². The first-order chi connectivity index (χ1) is 13.8. The first-order valence-corrected chi connectivity index (χ1v) is 9.33. The maximum atomic E-state index is 10.6. The van der Waals surface area contributed by atoms with Crippen molar-refractivity contribution in [2.24, 2.45) is 0 Å². The van der Waals surface area contributed by atoms with Crippen LogP contribution in [0.15, 0.2) is 36.4 Å². The van der Waals surface area contributed by atoms with Crippen LogP contribution in [-0.4, -0.2) is 65.6 Å². The van der Waals surface area contributed by atoms with Gasteiger partial charge in [0.05, 0.1) is 30.0 Å². The third kappa shape index (κ3) is 5.23. The largest absolute Gasteiger partial charge is 0.490 e. The Balaban J connectivity index is 0.000000298. The van der Waals surface area contributed by atoms with Gasteiger partial charge in [0.25, 0.3) is 0 Å². The van der Waals surface area contributed by atoms with Gasteiger partial charge >= 0.3 is 12.1 Å². The van der Waals surface area contributed by atoms with Crippen molar-refractivity contribution in [1.29, 1.82) is 0 Å². The zero-order valence-electron chi connectivity index (χ0n) is 15.9. The molecule has 158 valence electrons. The van der Waals surface area contributed by atoms with Gasteiger partial charge < -0.3 is 14.6 Å². The highest BCUT2D eigenvalue weighted by atomic mass is 19.4. The Kier molecular flexibility index (Phi) is 6.71. The molecule has 1 aliphatic heterocycles. The van der Waals surface area contributed by atoms with Gasteiger partial charge in [-0.05, 0) is 25.0 Å². The molecule has 0 radical (unpaired) electrons. The summed E-state index contributed by atoms with van der Waals surface area (Å²) in [7, 11) is 1.79. The molecule has 1 N–H and O–H groups in total. The number of ether oxygens (including phenoxy) is 2. The van der Waals surface area contributed by atoms with Crippen molar-refractivity contribution < 1.29 is 32.5 Å². The lowest BCUT2D eigenvalue weighted by atomic mass is 10.1. The molecule has 4 rings (SSSR count). The van der Waals surface area contributed by atoms with Crippen molar-refractivity contribution in [1.82, 2.24) is 9.88 Å². The molecule has 2 fully saturated rings. The zero-order valence-corrected chi connectivity index (χ0v) is 15.9. The van der Waals surface area contributed by atoms with Gasteiger partial charge in [0.15, 0.2) is 0 Å². The molecule has 2 heterocycles. The number of aromatic nitrogens is 1. The monoisotopic (exact) mass is 412 g/mol. The van der Waals surface area contributed by atoms with E-state index in [0.29, 0.717) is 6.04 Å². The van der Waals surface area contributed by atoms with Gasteiger partial charge in [-0.1, -0.05) is 24.3 Å². The van der Waals surface area contributed by atoms with Gasteiger partial charge in [0, 0.05) is 31.6 Å². The fraction of sp³-hybridized carbons (Fsp3) is 0.500. The SMILES string of the molecule is CO[C@@H]1CC[C@H]2[C@H]1OCCN2Cc1ccc2ccccc2n1.O=C(O)C(F)(F)F. The number of morpholine rings is 1. The molecule has 29 heavy (non-hydrogen) atoms. The summed E-state index contributed by atoms with van der Waals surface area (Å²) in [6, 6.07) is 13.1. The number of para-hydroxylation sites is 1. The summed E-state index contributed by atoms with van der Waals surface area (Å²) in [5, 5.41) is 8.33. The van der Waals surface area contributed by atoms with Crippen LogP contribution in [0.25, 0.3) is 10.9 Å². The summed E-state index contributed by atoms with van der Waals surface area (Å²) in [4.78, 5) is 16.2. The van der Waals surface area contributed by atoms with Gasteiger partial charge in [0.1, 0.15) is 0 Å². The normalized spacial score (nSPS) is 24.6. The number of hydrogen-bond donors (Lipinski definition) is 1. The molecular formula is C20H23F3N2O4. The highest BCUT2D eigenvalue weighted by Gasteiger charge is 2.42. The zero-order chi connectivity index (χ0) is 21.0. The molecule has 0 spiro atoms. The third-order valence-electron chi connectivity index (χ3n) is 5.22. The Morgan fingerprint density at radius 2 is 2.00 bits per heavy atom. The molecule has 6 nitrogen and oxygen atoms in total. The molecule has 1 aromatic heterocycles. The van der Waals surface area contributed by atoms with Gasteiger partial charge in [-0.2, -0.15) is 13.2 Å². The Bertz CT molecular complexity index is 846. The van der Waals surface area contributed by atoms with Crippen molar-refractivity contribution in [3.63, 3.8) is 0 Å². The predicted octanol–water partition coefficient (Wildman–Crippen LogP) is 3.25. The number of carboxylic acid groups (broad SMARTS) is 1. The lowest BCUT2D eigenvalue weighted by Gasteiger charge is -2.38. The number of fused-ring (bicyclic) bond motifs is 2. The maximum absolute atomic E-state index is 10.6. The fourth-order valence-electron chi connectivity index (χ4n) is 3.84. The van der Waals surface area contributed by atoms with E-state index in [0.717, 1.165) is 43.7 Å². The van der Waals surface area contributed by atoms with Gasteiger partial charge in [-0.25, -0.2) is 4.79 Å². The summed E-state index contributed by atoms with van der Waals surface area (Å²) in [6.45, 7) is 2.66. The number of alkyl halides is 3. The van der Waals surface area contributed by atoms with Crippen LogP contribution in [0.4, 0.5) is 13.2 Å². The minimum absolute atomic E-state index is 0.221. The van der Waals surface area contributed by atoms with Crippen LogP contribution in [0, 0.1) is 0 Å². The van der Waals surface area contributed by atoms with Crippen molar-refractivity contribution in [2.45, 2.75) is 43.8 Å². The van der Waals surface area contributed by atoms with E-state index in [2.05, 4.69) is 35.2 Å². The summed E-state index contributed by atoms with van der Waals surface area (Å²) in [5.74, 6) is -2.76. The molecule has 0 unspecified atom stereocenters. The lowest BCUT2D eigenvalue weighted by Crippen LogP contribution is -2.51. The number of benzene rings is 1. The molecule has 9 heteroatoms. The standard InChI is InChI=1S/C18H22N2O2.C2HF3O2/c1-21-17-9-8-16-18(17)22-11-10-20(16)12-14-7-6-13-4-2-3-5-15(13)19-14;3-2(4,5)1(6)7/h2-7,16-18H,8-12H2,1H3;(H,6,7)/t16-,17+,18+;/m0./s1. The van der Waals surface area contributed by atoms with Crippen LogP contribution in [0.5, 0.6) is 0 Å². The van der Waals surface area contributed by atoms with E-state index < -0.39 is 12.1 Å². The third-order valence-corrected chi connectivity index (χ3v) is 5.22. The lowest BCUT2D eigenvalue weighted by molar-refractivity contribution is -0.192. The topological polar surface area (TPSA) is 71.9 Å². The number of hydrogen-bond acceptors (Lipinski definition) is 5. The smallest absolute Gasteiger partial charge is 0.475 e. The second kappa shape index (κ2) is 9.06. The second-order valence-electron chi connectivity index (χ2n) is 7.02. The second-order valence-corrected chi connectivity index (χ2v) is 7.02. The molecule has 1 saturated heterocycles. The van der Waals surface area contributed by atoms with Crippen molar-refractivity contribution in [3.8, 4) is 0 Å². The molecule has 1 aromatic carbocycles. The molecule has 2 aromatic rings. The van der Waals surface area contributed by atoms with Gasteiger partial charge in [0.2, 0.25) is 0 Å². The van der Waals surface area contributed by atoms with Crippen molar-refractivity contribution >= 4 is 16.9 Å². The quantitative estimate of drug-likeness (QED) is 0.835. The van der Waals surface area contributed by atoms with E-state index >= 15 is 0 Å². The number of aliphatic carboxylic acids is 1. The van der Waals surface area contributed by atoms with Gasteiger partial charge in [-0.15, -0.1) is 0 Å². The van der Waals surface area contributed by atoms with Crippen LogP contribution < -0.4 is 0 Å². The van der Waals surface area contributed by atoms with Crippen LogP contribution in [0.2, 0.25) is 0 Å². The minimum atomic E-state index is -5.08. The molecule has 0 amide bonds. The Morgan fingerprint density at radius 1 is 1.28 bits per heavy atom. The van der Waals surface area contributed by atoms with E-state index in [1.165, 1.54) is 5.39 Å².